The number of fused-ring (bicyclic) bond motifs is 1. The van der Waals surface area contributed by atoms with E-state index < -0.39 is 0 Å². The molecule has 1 saturated carbocycles. The van der Waals surface area contributed by atoms with Crippen LogP contribution in [0.3, 0.4) is 0 Å². The van der Waals surface area contributed by atoms with Crippen LogP contribution in [0.5, 0.6) is 5.75 Å². The molecule has 0 spiro atoms. The molecule has 1 saturated heterocycles. The molecule has 1 N–H and O–H groups in total. The van der Waals surface area contributed by atoms with Crippen molar-refractivity contribution in [3.8, 4) is 5.75 Å². The number of hydrogen-bond donors (Lipinski definition) is 1. The van der Waals surface area contributed by atoms with Gasteiger partial charge >= 0.3 is 0 Å². The normalized spacial score (nSPS) is 22.6. The number of para-hydroxylation sites is 1. The van der Waals surface area contributed by atoms with Gasteiger partial charge in [-0.2, -0.15) is 5.10 Å². The number of nitrogens with zero attached hydrogens (tertiary/aromatic N) is 6. The summed E-state index contributed by atoms with van der Waals surface area (Å²) in [4.78, 5) is 14.0. The van der Waals surface area contributed by atoms with Crippen LogP contribution in [0.25, 0.3) is 10.9 Å². The molecule has 3 heterocycles. The van der Waals surface area contributed by atoms with Crippen LogP contribution in [-0.4, -0.2) is 75.9 Å². The second-order valence-corrected chi connectivity index (χ2v) is 9.43. The summed E-state index contributed by atoms with van der Waals surface area (Å²) in [5.74, 6) is 1.40. The van der Waals surface area contributed by atoms with Crippen LogP contribution >= 0.6 is 0 Å². The number of rotatable bonds is 6. The summed E-state index contributed by atoms with van der Waals surface area (Å²) in [6.07, 6.45) is 11.6. The number of likely N-dealkylation sites (tertiary alicyclic amines) is 1. The summed E-state index contributed by atoms with van der Waals surface area (Å²) in [6, 6.07) is 7.10. The highest BCUT2D eigenvalue weighted by atomic mass is 16.5. The summed E-state index contributed by atoms with van der Waals surface area (Å²) < 4.78 is 8.48. The number of anilines is 2. The molecule has 2 atom stereocenters. The van der Waals surface area contributed by atoms with E-state index in [0.717, 1.165) is 61.1 Å². The second-order valence-electron chi connectivity index (χ2n) is 9.43. The van der Waals surface area contributed by atoms with E-state index in [4.69, 9.17) is 9.72 Å². The summed E-state index contributed by atoms with van der Waals surface area (Å²) >= 11 is 0. The standard InChI is InChI=1S/C24H33N7O/c1-29(2)20-7-8-21(13-20)32-22-6-4-5-17-14-25-24(28-23(17)22)27-18-15-26-31(16-18)19-9-11-30(3)12-10-19/h4-6,14-16,19-21H,7-13H2,1-3H3,(H,25,27,28). The van der Waals surface area contributed by atoms with Crippen LogP contribution in [0, 0.1) is 0 Å². The van der Waals surface area contributed by atoms with E-state index in [1.54, 1.807) is 0 Å². The molecule has 8 heteroatoms. The Bertz CT molecular complexity index is 1060. The number of nitrogens with one attached hydrogen (secondary N) is 1. The Kier molecular flexibility index (Phi) is 5.97. The molecule has 2 fully saturated rings. The first kappa shape index (κ1) is 21.2. The average molecular weight is 436 g/mol. The number of ether oxygens (including phenoxy) is 1. The Morgan fingerprint density at radius 2 is 1.94 bits per heavy atom. The van der Waals surface area contributed by atoms with E-state index >= 15 is 0 Å². The zero-order chi connectivity index (χ0) is 22.1. The Morgan fingerprint density at radius 3 is 2.72 bits per heavy atom. The molecule has 0 radical (unpaired) electrons. The molecule has 2 aliphatic rings. The molecule has 5 rings (SSSR count). The highest BCUT2D eigenvalue weighted by Crippen LogP contribution is 2.31. The number of hydrogen-bond acceptors (Lipinski definition) is 7. The Morgan fingerprint density at radius 1 is 1.09 bits per heavy atom. The summed E-state index contributed by atoms with van der Waals surface area (Å²) in [7, 11) is 6.46. The van der Waals surface area contributed by atoms with Gasteiger partial charge in [0.2, 0.25) is 5.95 Å². The van der Waals surface area contributed by atoms with Crippen molar-refractivity contribution in [2.24, 2.45) is 0 Å². The zero-order valence-corrected chi connectivity index (χ0v) is 19.2. The maximum atomic E-state index is 6.40. The molecule has 32 heavy (non-hydrogen) atoms. The van der Waals surface area contributed by atoms with Gasteiger partial charge in [0.1, 0.15) is 17.4 Å². The topological polar surface area (TPSA) is 71.3 Å². The van der Waals surface area contributed by atoms with Gasteiger partial charge in [-0.05, 0) is 72.4 Å². The maximum absolute atomic E-state index is 6.40. The van der Waals surface area contributed by atoms with E-state index in [1.165, 1.54) is 6.42 Å². The van der Waals surface area contributed by atoms with Crippen molar-refractivity contribution in [3.05, 3.63) is 36.8 Å². The van der Waals surface area contributed by atoms with Crippen molar-refractivity contribution >= 4 is 22.5 Å². The van der Waals surface area contributed by atoms with Crippen molar-refractivity contribution in [1.82, 2.24) is 29.5 Å². The van der Waals surface area contributed by atoms with E-state index in [1.807, 2.05) is 30.6 Å². The molecular weight excluding hydrogens is 402 g/mol. The van der Waals surface area contributed by atoms with Crippen molar-refractivity contribution in [1.29, 1.82) is 0 Å². The van der Waals surface area contributed by atoms with Gasteiger partial charge in [0.05, 0.1) is 17.9 Å². The molecule has 170 valence electrons. The third-order valence-corrected chi connectivity index (χ3v) is 6.87. The van der Waals surface area contributed by atoms with E-state index in [0.29, 0.717) is 18.0 Å². The lowest BCUT2D eigenvalue weighted by Crippen LogP contribution is -2.31. The minimum atomic E-state index is 0.229. The first-order valence-electron chi connectivity index (χ1n) is 11.6. The highest BCUT2D eigenvalue weighted by molar-refractivity contribution is 5.84. The molecule has 2 unspecified atom stereocenters. The minimum absolute atomic E-state index is 0.229. The van der Waals surface area contributed by atoms with Crippen molar-refractivity contribution in [3.63, 3.8) is 0 Å². The minimum Gasteiger partial charge on any atom is -0.488 e. The fourth-order valence-electron chi connectivity index (χ4n) is 4.85. The molecule has 0 amide bonds. The second kappa shape index (κ2) is 9.03. The Hall–Kier alpha value is -2.71. The lowest BCUT2D eigenvalue weighted by atomic mass is 10.1. The van der Waals surface area contributed by atoms with Gasteiger partial charge in [0, 0.05) is 23.8 Å². The molecule has 1 aliphatic heterocycles. The Balaban J connectivity index is 1.31. The molecule has 1 aromatic carbocycles. The summed E-state index contributed by atoms with van der Waals surface area (Å²) in [6.45, 7) is 2.22. The van der Waals surface area contributed by atoms with Crippen LogP contribution in [0.2, 0.25) is 0 Å². The average Bonchev–Trinajstić information content (AvgIpc) is 3.45. The fraction of sp³-hybridized carbons (Fsp3) is 0.542. The monoisotopic (exact) mass is 435 g/mol. The van der Waals surface area contributed by atoms with Crippen LogP contribution in [0.15, 0.2) is 36.8 Å². The van der Waals surface area contributed by atoms with Gasteiger partial charge < -0.3 is 19.9 Å². The molecule has 2 aromatic heterocycles. The van der Waals surface area contributed by atoms with Crippen LogP contribution in [0.1, 0.15) is 38.1 Å². The Labute approximate surface area is 189 Å². The quantitative estimate of drug-likeness (QED) is 0.633. The fourth-order valence-corrected chi connectivity index (χ4v) is 4.85. The molecule has 8 nitrogen and oxygen atoms in total. The lowest BCUT2D eigenvalue weighted by Gasteiger charge is -2.28. The van der Waals surface area contributed by atoms with E-state index in [9.17, 15) is 0 Å². The third kappa shape index (κ3) is 4.56. The lowest BCUT2D eigenvalue weighted by molar-refractivity contribution is 0.195. The molecule has 3 aromatic rings. The molecular formula is C24H33N7O. The van der Waals surface area contributed by atoms with Gasteiger partial charge in [0.25, 0.3) is 0 Å². The van der Waals surface area contributed by atoms with Crippen LogP contribution < -0.4 is 10.1 Å². The van der Waals surface area contributed by atoms with E-state index in [2.05, 4.69) is 57.2 Å². The molecule has 1 aliphatic carbocycles. The van der Waals surface area contributed by atoms with Crippen LogP contribution in [0.4, 0.5) is 11.6 Å². The largest absolute Gasteiger partial charge is 0.488 e. The zero-order valence-electron chi connectivity index (χ0n) is 19.2. The van der Waals surface area contributed by atoms with Crippen molar-refractivity contribution in [2.75, 3.05) is 39.5 Å². The van der Waals surface area contributed by atoms with Gasteiger partial charge in [-0.1, -0.05) is 12.1 Å². The maximum Gasteiger partial charge on any atom is 0.227 e. The first-order valence-corrected chi connectivity index (χ1v) is 11.6. The van der Waals surface area contributed by atoms with Crippen molar-refractivity contribution < 1.29 is 4.74 Å². The highest BCUT2D eigenvalue weighted by Gasteiger charge is 2.28. The number of piperidine rings is 1. The van der Waals surface area contributed by atoms with E-state index in [-0.39, 0.29) is 6.10 Å². The number of benzene rings is 1. The van der Waals surface area contributed by atoms with Gasteiger partial charge in [-0.15, -0.1) is 0 Å². The van der Waals surface area contributed by atoms with Gasteiger partial charge in [0.15, 0.2) is 0 Å². The number of aromatic nitrogens is 4. The van der Waals surface area contributed by atoms with Crippen LogP contribution in [-0.2, 0) is 0 Å². The smallest absolute Gasteiger partial charge is 0.227 e. The molecule has 0 bridgehead atoms. The SMILES string of the molecule is CN1CCC(n2cc(Nc3ncc4cccc(OC5CCC(N(C)C)C5)c4n3)cn2)CC1. The third-order valence-electron chi connectivity index (χ3n) is 6.87. The predicted molar refractivity (Wildman–Crippen MR) is 127 cm³/mol. The summed E-state index contributed by atoms with van der Waals surface area (Å²) in [5.41, 5.74) is 1.76. The van der Waals surface area contributed by atoms with Crippen molar-refractivity contribution in [2.45, 2.75) is 50.3 Å². The predicted octanol–water partition coefficient (Wildman–Crippen LogP) is 3.70. The first-order chi connectivity index (χ1) is 15.5. The van der Waals surface area contributed by atoms with Gasteiger partial charge in [-0.3, -0.25) is 4.68 Å². The summed E-state index contributed by atoms with van der Waals surface area (Å²) in [5, 5.41) is 8.89. The van der Waals surface area contributed by atoms with Gasteiger partial charge in [-0.25, -0.2) is 9.97 Å².